The van der Waals surface area contributed by atoms with Gasteiger partial charge in [-0.25, -0.2) is 0 Å². The van der Waals surface area contributed by atoms with Crippen LogP contribution in [0, 0.1) is 0 Å². The predicted molar refractivity (Wildman–Crippen MR) is 99.4 cm³/mol. The standard InChI is InChI=1S/C17H17Cl3N2O2/c1-21-4-6-22(7-5-21)14-10-17(15(23)9-12(14)19)24-16-3-2-11(18)8-13(16)20/h2-3,8-10,23H,4-7H2,1H3. The van der Waals surface area contributed by atoms with E-state index in [2.05, 4.69) is 16.8 Å². The molecule has 0 saturated carbocycles. The fraction of sp³-hybridized carbons (Fsp3) is 0.294. The van der Waals surface area contributed by atoms with E-state index in [0.29, 0.717) is 26.6 Å². The molecule has 0 unspecified atom stereocenters. The molecule has 24 heavy (non-hydrogen) atoms. The molecular weight excluding hydrogens is 371 g/mol. The topological polar surface area (TPSA) is 35.9 Å². The third-order valence-corrected chi connectivity index (χ3v) is 4.82. The minimum atomic E-state index is -0.0381. The zero-order valence-electron chi connectivity index (χ0n) is 13.1. The van der Waals surface area contributed by atoms with Gasteiger partial charge in [-0.05, 0) is 25.2 Å². The molecule has 0 radical (unpaired) electrons. The Labute approximate surface area is 156 Å². The smallest absolute Gasteiger partial charge is 0.171 e. The quantitative estimate of drug-likeness (QED) is 0.813. The van der Waals surface area contributed by atoms with Gasteiger partial charge in [-0.2, -0.15) is 0 Å². The van der Waals surface area contributed by atoms with Crippen molar-refractivity contribution < 1.29 is 9.84 Å². The number of hydrogen-bond donors (Lipinski definition) is 1. The van der Waals surface area contributed by atoms with Gasteiger partial charge in [-0.3, -0.25) is 0 Å². The van der Waals surface area contributed by atoms with Crippen LogP contribution < -0.4 is 9.64 Å². The molecule has 4 nitrogen and oxygen atoms in total. The molecule has 0 aliphatic carbocycles. The number of benzene rings is 2. The van der Waals surface area contributed by atoms with Gasteiger partial charge >= 0.3 is 0 Å². The van der Waals surface area contributed by atoms with Crippen LogP contribution in [0.2, 0.25) is 15.1 Å². The predicted octanol–water partition coefficient (Wildman–Crippen LogP) is 4.90. The van der Waals surface area contributed by atoms with Gasteiger partial charge < -0.3 is 19.6 Å². The van der Waals surface area contributed by atoms with Crippen LogP contribution in [0.4, 0.5) is 5.69 Å². The number of rotatable bonds is 3. The summed E-state index contributed by atoms with van der Waals surface area (Å²) in [4.78, 5) is 4.44. The van der Waals surface area contributed by atoms with Crippen molar-refractivity contribution >= 4 is 40.5 Å². The molecule has 1 saturated heterocycles. The maximum atomic E-state index is 10.2. The summed E-state index contributed by atoms with van der Waals surface area (Å²) in [6.07, 6.45) is 0. The number of aromatic hydroxyl groups is 1. The van der Waals surface area contributed by atoms with Crippen molar-refractivity contribution in [3.05, 3.63) is 45.4 Å². The van der Waals surface area contributed by atoms with Gasteiger partial charge in [0.05, 0.1) is 15.7 Å². The third-order valence-electron chi connectivity index (χ3n) is 3.99. The molecule has 0 atom stereocenters. The number of halogens is 3. The summed E-state index contributed by atoms with van der Waals surface area (Å²) in [5.41, 5.74) is 0.836. The lowest BCUT2D eigenvalue weighted by Crippen LogP contribution is -2.44. The number of nitrogens with zero attached hydrogens (tertiary/aromatic N) is 2. The van der Waals surface area contributed by atoms with E-state index in [9.17, 15) is 5.11 Å². The Morgan fingerprint density at radius 2 is 1.62 bits per heavy atom. The molecule has 3 rings (SSSR count). The lowest BCUT2D eigenvalue weighted by Gasteiger charge is -2.34. The highest BCUT2D eigenvalue weighted by atomic mass is 35.5. The van der Waals surface area contributed by atoms with Crippen molar-refractivity contribution in [2.75, 3.05) is 38.1 Å². The van der Waals surface area contributed by atoms with E-state index in [1.165, 1.54) is 6.07 Å². The Balaban J connectivity index is 1.89. The normalized spacial score (nSPS) is 15.6. The average Bonchev–Trinajstić information content (AvgIpc) is 2.53. The van der Waals surface area contributed by atoms with E-state index in [-0.39, 0.29) is 5.75 Å². The van der Waals surface area contributed by atoms with Crippen molar-refractivity contribution in [3.8, 4) is 17.2 Å². The first-order valence-corrected chi connectivity index (χ1v) is 8.66. The molecule has 2 aromatic carbocycles. The summed E-state index contributed by atoms with van der Waals surface area (Å²) in [5, 5.41) is 11.5. The molecular formula is C17H17Cl3N2O2. The van der Waals surface area contributed by atoms with E-state index in [0.717, 1.165) is 31.9 Å². The zero-order chi connectivity index (χ0) is 17.3. The molecule has 0 aromatic heterocycles. The van der Waals surface area contributed by atoms with Crippen LogP contribution in [0.3, 0.4) is 0 Å². The summed E-state index contributed by atoms with van der Waals surface area (Å²) in [6, 6.07) is 8.17. The monoisotopic (exact) mass is 386 g/mol. The number of phenols is 1. The van der Waals surface area contributed by atoms with Crippen molar-refractivity contribution in [1.82, 2.24) is 4.90 Å². The lowest BCUT2D eigenvalue weighted by molar-refractivity contribution is 0.312. The Morgan fingerprint density at radius 3 is 2.29 bits per heavy atom. The van der Waals surface area contributed by atoms with Crippen molar-refractivity contribution in [1.29, 1.82) is 0 Å². The van der Waals surface area contributed by atoms with E-state index in [1.807, 2.05) is 0 Å². The number of hydrogen-bond acceptors (Lipinski definition) is 4. The lowest BCUT2D eigenvalue weighted by atomic mass is 10.2. The summed E-state index contributed by atoms with van der Waals surface area (Å²) >= 11 is 18.3. The van der Waals surface area contributed by atoms with Crippen LogP contribution in [0.5, 0.6) is 17.2 Å². The molecule has 7 heteroatoms. The van der Waals surface area contributed by atoms with Gasteiger partial charge in [0.15, 0.2) is 11.5 Å². The summed E-state index contributed by atoms with van der Waals surface area (Å²) in [7, 11) is 2.09. The largest absolute Gasteiger partial charge is 0.504 e. The molecule has 1 fully saturated rings. The molecule has 0 spiro atoms. The number of ether oxygens (including phenoxy) is 1. The first kappa shape index (κ1) is 17.5. The maximum absolute atomic E-state index is 10.2. The second-order valence-corrected chi connectivity index (χ2v) is 6.99. The Hall–Kier alpha value is -1.33. The van der Waals surface area contributed by atoms with Gasteiger partial charge in [0, 0.05) is 43.3 Å². The number of phenolic OH excluding ortho intramolecular Hbond substituents is 1. The summed E-state index contributed by atoms with van der Waals surface area (Å²) < 4.78 is 5.77. The second kappa shape index (κ2) is 7.28. The molecule has 0 amide bonds. The first-order valence-electron chi connectivity index (χ1n) is 7.53. The highest BCUT2D eigenvalue weighted by Crippen LogP contribution is 2.41. The number of piperazine rings is 1. The van der Waals surface area contributed by atoms with Crippen molar-refractivity contribution in [3.63, 3.8) is 0 Å². The van der Waals surface area contributed by atoms with Gasteiger partial charge in [0.2, 0.25) is 0 Å². The van der Waals surface area contributed by atoms with E-state index in [1.54, 1.807) is 24.3 Å². The summed E-state index contributed by atoms with van der Waals surface area (Å²) in [6.45, 7) is 3.64. The Kier molecular flexibility index (Phi) is 5.30. The van der Waals surface area contributed by atoms with Crippen LogP contribution in [0.25, 0.3) is 0 Å². The van der Waals surface area contributed by atoms with Gasteiger partial charge in [0.25, 0.3) is 0 Å². The van der Waals surface area contributed by atoms with Crippen LogP contribution in [0.1, 0.15) is 0 Å². The zero-order valence-corrected chi connectivity index (χ0v) is 15.4. The van der Waals surface area contributed by atoms with Crippen LogP contribution in [0.15, 0.2) is 30.3 Å². The van der Waals surface area contributed by atoms with E-state index >= 15 is 0 Å². The van der Waals surface area contributed by atoms with Gasteiger partial charge in [0.1, 0.15) is 5.75 Å². The molecule has 128 valence electrons. The Morgan fingerprint density at radius 1 is 0.917 bits per heavy atom. The minimum Gasteiger partial charge on any atom is -0.504 e. The summed E-state index contributed by atoms with van der Waals surface area (Å²) in [5.74, 6) is 0.685. The fourth-order valence-electron chi connectivity index (χ4n) is 2.58. The molecule has 1 aliphatic heterocycles. The molecule has 0 bridgehead atoms. The second-order valence-electron chi connectivity index (χ2n) is 5.74. The molecule has 1 N–H and O–H groups in total. The molecule has 1 aliphatic rings. The van der Waals surface area contributed by atoms with Crippen LogP contribution in [-0.2, 0) is 0 Å². The van der Waals surface area contributed by atoms with Crippen LogP contribution in [-0.4, -0.2) is 43.2 Å². The van der Waals surface area contributed by atoms with Gasteiger partial charge in [-0.1, -0.05) is 34.8 Å². The highest BCUT2D eigenvalue weighted by Gasteiger charge is 2.19. The molecule has 2 aromatic rings. The maximum Gasteiger partial charge on any atom is 0.171 e. The van der Waals surface area contributed by atoms with Crippen molar-refractivity contribution in [2.24, 2.45) is 0 Å². The third kappa shape index (κ3) is 3.83. The van der Waals surface area contributed by atoms with Crippen molar-refractivity contribution in [2.45, 2.75) is 0 Å². The van der Waals surface area contributed by atoms with Gasteiger partial charge in [-0.15, -0.1) is 0 Å². The minimum absolute atomic E-state index is 0.0381. The van der Waals surface area contributed by atoms with Crippen LogP contribution >= 0.6 is 34.8 Å². The average molecular weight is 388 g/mol. The highest BCUT2D eigenvalue weighted by molar-refractivity contribution is 6.35. The number of likely N-dealkylation sites (N-methyl/N-ethyl adjacent to an activating group) is 1. The molecule has 1 heterocycles. The van der Waals surface area contributed by atoms with E-state index < -0.39 is 0 Å². The SMILES string of the molecule is CN1CCN(c2cc(Oc3ccc(Cl)cc3Cl)c(O)cc2Cl)CC1. The first-order chi connectivity index (χ1) is 11.4. The number of anilines is 1. The van der Waals surface area contributed by atoms with E-state index in [4.69, 9.17) is 39.5 Å². The Bertz CT molecular complexity index is 747. The fourth-order valence-corrected chi connectivity index (χ4v) is 3.30.